The van der Waals surface area contributed by atoms with Gasteiger partial charge in [-0.05, 0) is 12.1 Å². The molecule has 2 heterocycles. The number of aromatic nitrogens is 2. The lowest BCUT2D eigenvalue weighted by atomic mass is 10.2. The van der Waals surface area contributed by atoms with Crippen LogP contribution in [0.2, 0.25) is 5.02 Å². The first-order valence-corrected chi connectivity index (χ1v) is 6.93. The third-order valence-corrected chi connectivity index (χ3v) is 3.81. The van der Waals surface area contributed by atoms with E-state index in [1.165, 1.54) is 21.9 Å². The summed E-state index contributed by atoms with van der Waals surface area (Å²) >= 11 is 7.29. The number of benzene rings is 1. The third kappa shape index (κ3) is 2.19. The highest BCUT2D eigenvalue weighted by Gasteiger charge is 2.14. The molecule has 5 nitrogen and oxygen atoms in total. The van der Waals surface area contributed by atoms with Gasteiger partial charge in [0.2, 0.25) is 0 Å². The minimum Gasteiger partial charge on any atom is -0.320 e. The van der Waals surface area contributed by atoms with Crippen molar-refractivity contribution in [2.75, 3.05) is 5.32 Å². The van der Waals surface area contributed by atoms with E-state index in [1.807, 2.05) is 0 Å². The highest BCUT2D eigenvalue weighted by molar-refractivity contribution is 7.15. The number of thiazole rings is 1. The van der Waals surface area contributed by atoms with Gasteiger partial charge in [0.15, 0.2) is 4.96 Å². The zero-order valence-corrected chi connectivity index (χ0v) is 11.6. The molecule has 3 rings (SSSR count). The molecule has 0 fully saturated rings. The van der Waals surface area contributed by atoms with Crippen molar-refractivity contribution in [2.45, 2.75) is 0 Å². The number of nitrogens with zero attached hydrogens (tertiary/aromatic N) is 2. The van der Waals surface area contributed by atoms with Crippen molar-refractivity contribution in [3.8, 4) is 0 Å². The number of amides is 1. The van der Waals surface area contributed by atoms with E-state index in [0.717, 1.165) is 0 Å². The largest absolute Gasteiger partial charge is 0.320 e. The van der Waals surface area contributed by atoms with Gasteiger partial charge in [-0.1, -0.05) is 23.7 Å². The number of carbonyl (C=O) groups is 1. The predicted octanol–water partition coefficient (Wildman–Crippen LogP) is 2.66. The summed E-state index contributed by atoms with van der Waals surface area (Å²) in [7, 11) is 0. The first kappa shape index (κ1) is 12.8. The molecule has 2 aromatic heterocycles. The molecular weight excluding hydrogens is 298 g/mol. The van der Waals surface area contributed by atoms with Crippen LogP contribution in [0.1, 0.15) is 10.4 Å². The smallest absolute Gasteiger partial charge is 0.271 e. The Morgan fingerprint density at radius 2 is 2.15 bits per heavy atom. The predicted molar refractivity (Wildman–Crippen MR) is 78.7 cm³/mol. The molecule has 0 aliphatic heterocycles. The number of hydrogen-bond acceptors (Lipinski definition) is 4. The topological polar surface area (TPSA) is 63.5 Å². The number of carbonyl (C=O) groups excluding carboxylic acids is 1. The van der Waals surface area contributed by atoms with E-state index in [9.17, 15) is 9.59 Å². The molecule has 0 radical (unpaired) electrons. The van der Waals surface area contributed by atoms with Crippen molar-refractivity contribution in [3.05, 3.63) is 63.0 Å². The van der Waals surface area contributed by atoms with Gasteiger partial charge < -0.3 is 5.32 Å². The average molecular weight is 306 g/mol. The van der Waals surface area contributed by atoms with Gasteiger partial charge in [0.1, 0.15) is 5.56 Å². The van der Waals surface area contributed by atoms with Gasteiger partial charge in [-0.15, -0.1) is 11.3 Å². The maximum atomic E-state index is 12.1. The van der Waals surface area contributed by atoms with Gasteiger partial charge in [-0.2, -0.15) is 0 Å². The van der Waals surface area contributed by atoms with Gasteiger partial charge >= 0.3 is 0 Å². The zero-order valence-electron chi connectivity index (χ0n) is 10.0. The fourth-order valence-electron chi connectivity index (χ4n) is 1.73. The second kappa shape index (κ2) is 5.07. The molecule has 1 amide bonds. The molecule has 0 atom stereocenters. The van der Waals surface area contributed by atoms with Crippen LogP contribution in [0, 0.1) is 0 Å². The minimum absolute atomic E-state index is 0.0270. The Morgan fingerprint density at radius 3 is 2.95 bits per heavy atom. The highest BCUT2D eigenvalue weighted by atomic mass is 35.5. The van der Waals surface area contributed by atoms with Gasteiger partial charge in [0.05, 0.1) is 10.7 Å². The fourth-order valence-corrected chi connectivity index (χ4v) is 2.59. The van der Waals surface area contributed by atoms with Crippen LogP contribution in [0.15, 0.2) is 46.8 Å². The number of para-hydroxylation sites is 1. The molecule has 20 heavy (non-hydrogen) atoms. The van der Waals surface area contributed by atoms with Gasteiger partial charge in [-0.3, -0.25) is 14.0 Å². The highest BCUT2D eigenvalue weighted by Crippen LogP contribution is 2.20. The number of hydrogen-bond donors (Lipinski definition) is 1. The lowest BCUT2D eigenvalue weighted by Gasteiger charge is -2.06. The first-order valence-electron chi connectivity index (χ1n) is 5.67. The van der Waals surface area contributed by atoms with Crippen molar-refractivity contribution >= 4 is 39.5 Å². The molecule has 0 saturated carbocycles. The van der Waals surface area contributed by atoms with Crippen molar-refractivity contribution in [3.63, 3.8) is 0 Å². The first-order chi connectivity index (χ1) is 9.66. The Balaban J connectivity index is 1.99. The Morgan fingerprint density at radius 1 is 1.35 bits per heavy atom. The molecule has 1 N–H and O–H groups in total. The van der Waals surface area contributed by atoms with Gasteiger partial charge in [-0.25, -0.2) is 4.98 Å². The van der Waals surface area contributed by atoms with Crippen molar-refractivity contribution < 1.29 is 4.79 Å². The summed E-state index contributed by atoms with van der Waals surface area (Å²) in [4.78, 5) is 28.9. The Hall–Kier alpha value is -2.18. The number of fused-ring (bicyclic) bond motifs is 1. The zero-order chi connectivity index (χ0) is 14.1. The Bertz CT molecular complexity index is 856. The quantitative estimate of drug-likeness (QED) is 0.791. The summed E-state index contributed by atoms with van der Waals surface area (Å²) in [5.41, 5.74) is 0.0237. The lowest BCUT2D eigenvalue weighted by molar-refractivity contribution is 0.102. The second-order valence-corrected chi connectivity index (χ2v) is 5.25. The summed E-state index contributed by atoms with van der Waals surface area (Å²) in [6.07, 6.45) is 2.86. The number of anilines is 1. The SMILES string of the molecule is O=C(Nc1ccccc1Cl)c1cnc2sccn2c1=O. The monoisotopic (exact) mass is 305 g/mol. The Kier molecular flexibility index (Phi) is 3.25. The lowest BCUT2D eigenvalue weighted by Crippen LogP contribution is -2.25. The second-order valence-electron chi connectivity index (χ2n) is 3.97. The van der Waals surface area contributed by atoms with Crippen LogP contribution in [0.3, 0.4) is 0 Å². The Labute approximate surface area is 122 Å². The molecule has 100 valence electrons. The van der Waals surface area contributed by atoms with Crippen LogP contribution in [0.25, 0.3) is 4.96 Å². The van der Waals surface area contributed by atoms with Crippen LogP contribution >= 0.6 is 22.9 Å². The molecule has 7 heteroatoms. The molecular formula is C13H8ClN3O2S. The molecule has 1 aromatic carbocycles. The molecule has 0 aliphatic carbocycles. The minimum atomic E-state index is -0.531. The van der Waals surface area contributed by atoms with E-state index in [2.05, 4.69) is 10.3 Å². The molecule has 0 spiro atoms. The van der Waals surface area contributed by atoms with Crippen LogP contribution in [0.5, 0.6) is 0 Å². The van der Waals surface area contributed by atoms with Crippen molar-refractivity contribution in [2.24, 2.45) is 0 Å². The van der Waals surface area contributed by atoms with Crippen LogP contribution in [-0.4, -0.2) is 15.3 Å². The maximum Gasteiger partial charge on any atom is 0.271 e. The van der Waals surface area contributed by atoms with Gasteiger partial charge in [0.25, 0.3) is 11.5 Å². The van der Waals surface area contributed by atoms with E-state index in [0.29, 0.717) is 15.7 Å². The van der Waals surface area contributed by atoms with E-state index >= 15 is 0 Å². The normalized spacial score (nSPS) is 10.7. The summed E-state index contributed by atoms with van der Waals surface area (Å²) in [5, 5.41) is 4.75. The number of halogens is 1. The van der Waals surface area contributed by atoms with Crippen LogP contribution in [-0.2, 0) is 0 Å². The number of rotatable bonds is 2. The van der Waals surface area contributed by atoms with E-state index in [-0.39, 0.29) is 5.56 Å². The average Bonchev–Trinajstić information content (AvgIpc) is 2.91. The van der Waals surface area contributed by atoms with E-state index in [4.69, 9.17) is 11.6 Å². The van der Waals surface area contributed by atoms with Crippen LogP contribution < -0.4 is 10.9 Å². The maximum absolute atomic E-state index is 12.1. The van der Waals surface area contributed by atoms with E-state index < -0.39 is 11.5 Å². The molecule has 0 saturated heterocycles. The third-order valence-electron chi connectivity index (χ3n) is 2.71. The summed E-state index contributed by atoms with van der Waals surface area (Å²) in [5.74, 6) is -0.531. The molecule has 0 aliphatic rings. The van der Waals surface area contributed by atoms with Crippen molar-refractivity contribution in [1.82, 2.24) is 9.38 Å². The standard InChI is InChI=1S/C13H8ClN3O2S/c14-9-3-1-2-4-10(9)16-11(18)8-7-15-13-17(12(8)19)5-6-20-13/h1-7H,(H,16,18). The van der Waals surface area contributed by atoms with Crippen LogP contribution in [0.4, 0.5) is 5.69 Å². The molecule has 0 bridgehead atoms. The summed E-state index contributed by atoms with van der Waals surface area (Å²) in [6, 6.07) is 6.82. The summed E-state index contributed by atoms with van der Waals surface area (Å²) in [6.45, 7) is 0. The molecule has 3 aromatic rings. The fraction of sp³-hybridized carbons (Fsp3) is 0. The van der Waals surface area contributed by atoms with Crippen molar-refractivity contribution in [1.29, 1.82) is 0 Å². The summed E-state index contributed by atoms with van der Waals surface area (Å²) < 4.78 is 1.34. The van der Waals surface area contributed by atoms with Gasteiger partial charge in [0, 0.05) is 17.8 Å². The molecule has 0 unspecified atom stereocenters. The number of nitrogens with one attached hydrogen (secondary N) is 1. The van der Waals surface area contributed by atoms with E-state index in [1.54, 1.807) is 35.8 Å².